The molecule has 0 saturated heterocycles. The van der Waals surface area contributed by atoms with Gasteiger partial charge in [-0.2, -0.15) is 0 Å². The van der Waals surface area contributed by atoms with Crippen LogP contribution in [-0.2, 0) is 14.3 Å². The molecule has 1 saturated carbocycles. The molecule has 1 fully saturated rings. The second-order valence-corrected chi connectivity index (χ2v) is 7.70. The second-order valence-electron chi connectivity index (χ2n) is 7.70. The summed E-state index contributed by atoms with van der Waals surface area (Å²) in [6.07, 6.45) is 15.0. The Morgan fingerprint density at radius 3 is 2.68 bits per heavy atom. The minimum Gasteiger partial charge on any atom is -0.466 e. The number of carbonyl (C=O) groups is 1. The molecule has 5 atom stereocenters. The number of carbonyl (C=O) groups excluding carboxylic acids is 1. The second kappa shape index (κ2) is 14.8. The van der Waals surface area contributed by atoms with Crippen LogP contribution in [0.1, 0.15) is 71.6 Å². The minimum atomic E-state index is -0.421. The first kappa shape index (κ1) is 24.9. The molecule has 0 aromatic rings. The maximum absolute atomic E-state index is 11.1. The Morgan fingerprint density at radius 2 is 2.00 bits per heavy atom. The summed E-state index contributed by atoms with van der Waals surface area (Å²) in [5.74, 6) is -0.0323. The SMILES string of the molecule is CCCCCC(O)C=CC1C(OCC)CC(O)C1CCCCC=CC(=O)OC. The average Bonchev–Trinajstić information content (AvgIpc) is 2.97. The summed E-state index contributed by atoms with van der Waals surface area (Å²) < 4.78 is 10.5. The lowest BCUT2D eigenvalue weighted by molar-refractivity contribution is -0.134. The van der Waals surface area contributed by atoms with Crippen LogP contribution >= 0.6 is 0 Å². The lowest BCUT2D eigenvalue weighted by atomic mass is 9.88. The maximum atomic E-state index is 11.1. The number of hydrogen-bond donors (Lipinski definition) is 2. The summed E-state index contributed by atoms with van der Waals surface area (Å²) in [7, 11) is 1.37. The molecule has 1 aliphatic rings. The van der Waals surface area contributed by atoms with E-state index in [0.29, 0.717) is 13.0 Å². The van der Waals surface area contributed by atoms with E-state index < -0.39 is 6.10 Å². The van der Waals surface area contributed by atoms with Crippen LogP contribution < -0.4 is 0 Å². The molecule has 1 aliphatic carbocycles. The molecule has 0 aromatic heterocycles. The van der Waals surface area contributed by atoms with E-state index in [9.17, 15) is 15.0 Å². The van der Waals surface area contributed by atoms with Gasteiger partial charge in [-0.15, -0.1) is 0 Å². The molecule has 1 rings (SSSR count). The van der Waals surface area contributed by atoms with Crippen LogP contribution in [0.3, 0.4) is 0 Å². The van der Waals surface area contributed by atoms with Crippen LogP contribution in [-0.4, -0.2) is 48.2 Å². The normalized spacial score (nSPS) is 26.3. The lowest BCUT2D eigenvalue weighted by Gasteiger charge is -2.23. The van der Waals surface area contributed by atoms with E-state index in [1.54, 1.807) is 0 Å². The van der Waals surface area contributed by atoms with Gasteiger partial charge in [0, 0.05) is 25.0 Å². The van der Waals surface area contributed by atoms with E-state index in [0.717, 1.165) is 51.4 Å². The molecule has 5 heteroatoms. The number of ether oxygens (including phenoxy) is 2. The van der Waals surface area contributed by atoms with E-state index in [4.69, 9.17) is 4.74 Å². The Bertz CT molecular complexity index is 474. The molecule has 28 heavy (non-hydrogen) atoms. The first-order valence-corrected chi connectivity index (χ1v) is 10.9. The Balaban J connectivity index is 2.54. The van der Waals surface area contributed by atoms with Crippen molar-refractivity contribution in [3.63, 3.8) is 0 Å². The third-order valence-electron chi connectivity index (χ3n) is 5.54. The number of methoxy groups -OCH3 is 1. The van der Waals surface area contributed by atoms with Gasteiger partial charge in [0.1, 0.15) is 0 Å². The zero-order valence-corrected chi connectivity index (χ0v) is 17.9. The van der Waals surface area contributed by atoms with Gasteiger partial charge >= 0.3 is 5.97 Å². The van der Waals surface area contributed by atoms with Gasteiger partial charge in [0.25, 0.3) is 0 Å². The van der Waals surface area contributed by atoms with Crippen molar-refractivity contribution in [3.8, 4) is 0 Å². The van der Waals surface area contributed by atoms with Crippen molar-refractivity contribution in [2.75, 3.05) is 13.7 Å². The number of aliphatic hydroxyl groups excluding tert-OH is 2. The molecule has 2 N–H and O–H groups in total. The van der Waals surface area contributed by atoms with Gasteiger partial charge < -0.3 is 19.7 Å². The van der Waals surface area contributed by atoms with Crippen LogP contribution in [0.25, 0.3) is 0 Å². The molecule has 0 spiro atoms. The molecule has 0 aliphatic heterocycles. The fraction of sp³-hybridized carbons (Fsp3) is 0.783. The number of rotatable bonds is 14. The zero-order valence-electron chi connectivity index (χ0n) is 17.9. The van der Waals surface area contributed by atoms with Crippen molar-refractivity contribution >= 4 is 5.97 Å². The van der Waals surface area contributed by atoms with Crippen molar-refractivity contribution in [2.45, 2.75) is 89.9 Å². The molecular formula is C23H40O5. The van der Waals surface area contributed by atoms with Gasteiger partial charge in [-0.3, -0.25) is 0 Å². The Kier molecular flexibility index (Phi) is 13.1. The first-order chi connectivity index (χ1) is 13.5. The fourth-order valence-corrected chi connectivity index (χ4v) is 3.99. The number of esters is 1. The van der Waals surface area contributed by atoms with Gasteiger partial charge in [-0.1, -0.05) is 50.8 Å². The van der Waals surface area contributed by atoms with Crippen molar-refractivity contribution < 1.29 is 24.5 Å². The number of unbranched alkanes of at least 4 members (excludes halogenated alkanes) is 4. The molecular weight excluding hydrogens is 356 g/mol. The highest BCUT2D eigenvalue weighted by molar-refractivity contribution is 5.81. The molecule has 0 amide bonds. The molecule has 0 heterocycles. The average molecular weight is 397 g/mol. The Morgan fingerprint density at radius 1 is 1.21 bits per heavy atom. The topological polar surface area (TPSA) is 76.0 Å². The lowest BCUT2D eigenvalue weighted by Crippen LogP contribution is -2.23. The van der Waals surface area contributed by atoms with Crippen molar-refractivity contribution in [3.05, 3.63) is 24.3 Å². The third-order valence-corrected chi connectivity index (χ3v) is 5.54. The molecule has 0 aromatic carbocycles. The molecule has 0 bridgehead atoms. The highest BCUT2D eigenvalue weighted by Crippen LogP contribution is 2.39. The fourth-order valence-electron chi connectivity index (χ4n) is 3.99. The molecule has 162 valence electrons. The van der Waals surface area contributed by atoms with E-state index in [1.165, 1.54) is 13.2 Å². The summed E-state index contributed by atoms with van der Waals surface area (Å²) in [6, 6.07) is 0. The first-order valence-electron chi connectivity index (χ1n) is 10.9. The van der Waals surface area contributed by atoms with Crippen molar-refractivity contribution in [1.29, 1.82) is 0 Å². The van der Waals surface area contributed by atoms with Gasteiger partial charge in [-0.05, 0) is 38.5 Å². The molecule has 5 unspecified atom stereocenters. The smallest absolute Gasteiger partial charge is 0.330 e. The van der Waals surface area contributed by atoms with Crippen LogP contribution in [0.2, 0.25) is 0 Å². The van der Waals surface area contributed by atoms with Crippen LogP contribution in [0.4, 0.5) is 0 Å². The molecule has 0 radical (unpaired) electrons. The minimum absolute atomic E-state index is 0.0170. The largest absolute Gasteiger partial charge is 0.466 e. The third kappa shape index (κ3) is 9.35. The summed E-state index contributed by atoms with van der Waals surface area (Å²) in [5.41, 5.74) is 0. The number of allylic oxidation sites excluding steroid dienone is 1. The number of aliphatic hydroxyl groups is 2. The maximum Gasteiger partial charge on any atom is 0.330 e. The zero-order chi connectivity index (χ0) is 20.8. The van der Waals surface area contributed by atoms with Gasteiger partial charge in [-0.25, -0.2) is 4.79 Å². The Labute approximate surface area is 170 Å². The van der Waals surface area contributed by atoms with Crippen LogP contribution in [0, 0.1) is 11.8 Å². The van der Waals surface area contributed by atoms with Gasteiger partial charge in [0.05, 0.1) is 25.4 Å². The Hall–Kier alpha value is -1.17. The number of hydrogen-bond acceptors (Lipinski definition) is 5. The van der Waals surface area contributed by atoms with E-state index >= 15 is 0 Å². The van der Waals surface area contributed by atoms with Crippen molar-refractivity contribution in [2.24, 2.45) is 11.8 Å². The standard InChI is InChI=1S/C23H40O5/c1-4-6-9-12-18(24)15-16-20-19(21(25)17-22(20)28-5-2)13-10-7-8-11-14-23(26)27-3/h11,14-16,18-22,24-25H,4-10,12-13,17H2,1-3H3. The summed E-state index contributed by atoms with van der Waals surface area (Å²) in [4.78, 5) is 11.1. The van der Waals surface area contributed by atoms with Gasteiger partial charge in [0.15, 0.2) is 0 Å². The van der Waals surface area contributed by atoms with Gasteiger partial charge in [0.2, 0.25) is 0 Å². The van der Waals surface area contributed by atoms with E-state index in [2.05, 4.69) is 17.7 Å². The molecule has 5 nitrogen and oxygen atoms in total. The van der Waals surface area contributed by atoms with E-state index in [1.807, 2.05) is 19.1 Å². The summed E-state index contributed by atoms with van der Waals surface area (Å²) in [6.45, 7) is 4.77. The van der Waals surface area contributed by atoms with Crippen LogP contribution in [0.15, 0.2) is 24.3 Å². The highest BCUT2D eigenvalue weighted by Gasteiger charge is 2.41. The monoisotopic (exact) mass is 396 g/mol. The highest BCUT2D eigenvalue weighted by atomic mass is 16.5. The van der Waals surface area contributed by atoms with E-state index in [-0.39, 0.29) is 30.0 Å². The predicted molar refractivity (Wildman–Crippen MR) is 112 cm³/mol. The quantitative estimate of drug-likeness (QED) is 0.199. The summed E-state index contributed by atoms with van der Waals surface area (Å²) in [5, 5.41) is 20.8. The van der Waals surface area contributed by atoms with Crippen molar-refractivity contribution in [1.82, 2.24) is 0 Å². The predicted octanol–water partition coefficient (Wildman–Crippen LogP) is 4.18. The summed E-state index contributed by atoms with van der Waals surface area (Å²) >= 11 is 0. The van der Waals surface area contributed by atoms with Crippen LogP contribution in [0.5, 0.6) is 0 Å².